The van der Waals surface area contributed by atoms with Gasteiger partial charge in [0.2, 0.25) is 10.4 Å². The summed E-state index contributed by atoms with van der Waals surface area (Å²) in [5, 5.41) is 0. The minimum atomic E-state index is -4.92. The lowest BCUT2D eigenvalue weighted by molar-refractivity contribution is 0.366. The SMILES string of the molecule is O=S(=O)([O-])O.O=S(O)O.O=S([O-])O.[NH4+].[NH4+]. The van der Waals surface area contributed by atoms with Crippen molar-refractivity contribution in [3.63, 3.8) is 0 Å². The van der Waals surface area contributed by atoms with Crippen LogP contribution in [0.1, 0.15) is 0 Å². The Bertz CT molecular complexity index is 213. The minimum Gasteiger partial charge on any atom is -0.750 e. The Labute approximate surface area is 90.1 Å². The van der Waals surface area contributed by atoms with Crippen LogP contribution in [0.2, 0.25) is 0 Å². The molecule has 0 saturated heterocycles. The molecule has 100 valence electrons. The Balaban J connectivity index is -0.0000000315. The van der Waals surface area contributed by atoms with Gasteiger partial charge < -0.3 is 26.0 Å². The molecule has 0 aliphatic rings. The molecule has 0 rings (SSSR count). The molecule has 0 spiro atoms. The summed E-state index contributed by atoms with van der Waals surface area (Å²) < 4.78 is 79.8. The molecule has 0 aromatic rings. The topological polar surface area (TPSA) is 268 Å². The fourth-order valence-electron chi connectivity index (χ4n) is 0. The number of hydrogen-bond acceptors (Lipinski definition) is 6. The second-order valence-corrected chi connectivity index (χ2v) is 2.63. The molecule has 0 aromatic heterocycles. The summed E-state index contributed by atoms with van der Waals surface area (Å²) in [5.74, 6) is 0. The lowest BCUT2D eigenvalue weighted by Crippen LogP contribution is -1.90. The van der Waals surface area contributed by atoms with Gasteiger partial charge in [0.1, 0.15) is 0 Å². The number of quaternary nitrogens is 2. The van der Waals surface area contributed by atoms with E-state index in [4.69, 9.17) is 44.2 Å². The molecular weight excluding hydrogens is 284 g/mol. The first-order chi connectivity index (χ1) is 5.46. The van der Waals surface area contributed by atoms with E-state index in [0.717, 1.165) is 0 Å². The summed E-state index contributed by atoms with van der Waals surface area (Å²) in [6.45, 7) is 0. The lowest BCUT2D eigenvalue weighted by atomic mass is 14.0. The molecule has 15 heteroatoms. The summed E-state index contributed by atoms with van der Waals surface area (Å²) in [6, 6.07) is 0. The Morgan fingerprint density at radius 2 is 1.00 bits per heavy atom. The quantitative estimate of drug-likeness (QED) is 0.176. The molecule has 12 N–H and O–H groups in total. The van der Waals surface area contributed by atoms with Gasteiger partial charge in [0.15, 0.2) is 0 Å². The average Bonchev–Trinajstić information content (AvgIpc) is 1.50. The van der Waals surface area contributed by atoms with Gasteiger partial charge in [-0.15, -0.1) is 0 Å². The molecule has 0 aliphatic carbocycles. The molecule has 1 atom stereocenters. The predicted octanol–water partition coefficient (Wildman–Crippen LogP) is -1.22. The molecule has 1 unspecified atom stereocenters. The molecule has 15 heavy (non-hydrogen) atoms. The molecule has 0 saturated carbocycles. The van der Waals surface area contributed by atoms with E-state index in [1.54, 1.807) is 0 Å². The summed E-state index contributed by atoms with van der Waals surface area (Å²) >= 11 is -5.47. The van der Waals surface area contributed by atoms with Crippen LogP contribution in [0.3, 0.4) is 0 Å². The van der Waals surface area contributed by atoms with Gasteiger partial charge in [-0.25, -0.2) is 12.6 Å². The maximum Gasteiger partial charge on any atom is 0.299 e. The summed E-state index contributed by atoms with van der Waals surface area (Å²) in [4.78, 5) is 0. The second-order valence-electron chi connectivity index (χ2n) is 0.876. The van der Waals surface area contributed by atoms with E-state index in [9.17, 15) is 0 Å². The van der Waals surface area contributed by atoms with Crippen LogP contribution in [-0.2, 0) is 33.1 Å². The third-order valence-corrected chi connectivity index (χ3v) is 0. The molecule has 0 aliphatic heterocycles. The van der Waals surface area contributed by atoms with Gasteiger partial charge in [0.05, 0.1) is 11.4 Å². The van der Waals surface area contributed by atoms with Crippen LogP contribution in [-0.4, -0.2) is 44.2 Å². The zero-order valence-corrected chi connectivity index (χ0v) is 9.91. The molecule has 12 nitrogen and oxygen atoms in total. The van der Waals surface area contributed by atoms with E-state index in [-0.39, 0.29) is 12.3 Å². The Morgan fingerprint density at radius 3 is 1.00 bits per heavy atom. The molecule has 0 aromatic carbocycles. The van der Waals surface area contributed by atoms with Gasteiger partial charge >= 0.3 is 0 Å². The highest BCUT2D eigenvalue weighted by Crippen LogP contribution is 1.58. The van der Waals surface area contributed by atoms with E-state index in [2.05, 4.69) is 0 Å². The maximum atomic E-state index is 8.67. The first kappa shape index (κ1) is 29.4. The predicted molar refractivity (Wildman–Crippen MR) is 49.2 cm³/mol. The van der Waals surface area contributed by atoms with Gasteiger partial charge in [-0.3, -0.25) is 13.7 Å². The highest BCUT2D eigenvalue weighted by molar-refractivity contribution is 7.79. The summed E-state index contributed by atoms with van der Waals surface area (Å²) in [5.41, 5.74) is 0. The lowest BCUT2D eigenvalue weighted by Gasteiger charge is -1.88. The molecule has 0 bridgehead atoms. The normalized spacial score (nSPS) is 10.3. The third-order valence-electron chi connectivity index (χ3n) is 0. The highest BCUT2D eigenvalue weighted by Gasteiger charge is 1.67. The van der Waals surface area contributed by atoms with Crippen molar-refractivity contribution in [2.75, 3.05) is 0 Å². The average molecular weight is 296 g/mol. The highest BCUT2D eigenvalue weighted by atomic mass is 32.3. The fraction of sp³-hybridized carbons (Fsp3) is 0. The van der Waals surface area contributed by atoms with E-state index < -0.39 is 33.1 Å². The van der Waals surface area contributed by atoms with Gasteiger partial charge in [-0.05, 0) is 0 Å². The van der Waals surface area contributed by atoms with E-state index in [0.29, 0.717) is 0 Å². The summed E-state index contributed by atoms with van der Waals surface area (Å²) in [6.07, 6.45) is 0. The zero-order chi connectivity index (χ0) is 11.7. The van der Waals surface area contributed by atoms with Gasteiger partial charge in [-0.2, -0.15) is 4.21 Å². The summed E-state index contributed by atoms with van der Waals surface area (Å²) in [7, 11) is -4.92. The van der Waals surface area contributed by atoms with Crippen LogP contribution in [0.25, 0.3) is 0 Å². The monoisotopic (exact) mass is 296 g/mol. The largest absolute Gasteiger partial charge is 0.750 e. The Hall–Kier alpha value is -0.0700. The van der Waals surface area contributed by atoms with E-state index in [1.165, 1.54) is 0 Å². The smallest absolute Gasteiger partial charge is 0.299 e. The first-order valence-corrected chi connectivity index (χ1v) is 5.19. The maximum absolute atomic E-state index is 8.67. The van der Waals surface area contributed by atoms with Gasteiger partial charge in [0, 0.05) is 0 Å². The molecular formula is H12N2O10S3. The van der Waals surface area contributed by atoms with Gasteiger partial charge in [-0.1, -0.05) is 0 Å². The zero-order valence-electron chi connectivity index (χ0n) is 7.46. The number of rotatable bonds is 0. The molecule has 0 heterocycles. The minimum absolute atomic E-state index is 0. The van der Waals surface area contributed by atoms with Crippen LogP contribution >= 0.6 is 0 Å². The van der Waals surface area contributed by atoms with Crippen molar-refractivity contribution >= 4 is 33.1 Å². The third kappa shape index (κ3) is 405000. The van der Waals surface area contributed by atoms with Crippen molar-refractivity contribution < 1.29 is 44.2 Å². The van der Waals surface area contributed by atoms with Crippen molar-refractivity contribution in [3.8, 4) is 0 Å². The Morgan fingerprint density at radius 1 is 1.00 bits per heavy atom. The molecule has 0 fully saturated rings. The standard InChI is InChI=1S/2H3N.H2O4S.2H2O3S/c;;1-5(2,3)4;2*1-4(2)3/h2*1H3;(H2,1,2,3,4);2*(H2,1,2,3). The van der Waals surface area contributed by atoms with E-state index >= 15 is 0 Å². The second kappa shape index (κ2) is 16.4. The number of hydrogen-bond donors (Lipinski definition) is 6. The van der Waals surface area contributed by atoms with Crippen LogP contribution in [0.15, 0.2) is 0 Å². The van der Waals surface area contributed by atoms with E-state index in [1.807, 2.05) is 0 Å². The first-order valence-electron chi connectivity index (χ1n) is 1.73. The van der Waals surface area contributed by atoms with Crippen molar-refractivity contribution in [2.45, 2.75) is 0 Å². The molecule has 0 amide bonds. The fourth-order valence-corrected chi connectivity index (χ4v) is 0. The van der Waals surface area contributed by atoms with Crippen molar-refractivity contribution in [1.82, 2.24) is 12.3 Å². The van der Waals surface area contributed by atoms with Crippen LogP contribution < -0.4 is 12.3 Å². The van der Waals surface area contributed by atoms with Crippen LogP contribution in [0.4, 0.5) is 0 Å². The Kier molecular flexibility index (Phi) is 32.1. The molecule has 0 radical (unpaired) electrons. The van der Waals surface area contributed by atoms with Gasteiger partial charge in [0.25, 0.3) is 11.4 Å². The van der Waals surface area contributed by atoms with Crippen LogP contribution in [0.5, 0.6) is 0 Å². The van der Waals surface area contributed by atoms with Crippen molar-refractivity contribution in [2.24, 2.45) is 0 Å². The van der Waals surface area contributed by atoms with Crippen LogP contribution in [0, 0.1) is 0 Å². The van der Waals surface area contributed by atoms with Crippen molar-refractivity contribution in [3.05, 3.63) is 0 Å². The van der Waals surface area contributed by atoms with Crippen molar-refractivity contribution in [1.29, 1.82) is 0 Å².